The van der Waals surface area contributed by atoms with E-state index < -0.39 is 0 Å². The fourth-order valence-electron chi connectivity index (χ4n) is 12.4. The van der Waals surface area contributed by atoms with Crippen LogP contribution in [0.5, 0.6) is 0 Å². The molecule has 1 aliphatic rings. The Labute approximate surface area is 570 Å². The molecule has 1 saturated heterocycles. The zero-order valence-corrected chi connectivity index (χ0v) is 61.1. The zero-order chi connectivity index (χ0) is 67.0. The van der Waals surface area contributed by atoms with Crippen molar-refractivity contribution in [2.24, 2.45) is 0 Å². The molecule has 1 fully saturated rings. The van der Waals surface area contributed by atoms with Crippen LogP contribution in [0, 0.1) is 0 Å². The van der Waals surface area contributed by atoms with Gasteiger partial charge in [-0.2, -0.15) is 15.0 Å². The number of esters is 4. The van der Waals surface area contributed by atoms with E-state index in [-0.39, 0.29) is 49.6 Å². The zero-order valence-electron chi connectivity index (χ0n) is 61.1. The summed E-state index contributed by atoms with van der Waals surface area (Å²) in [4.78, 5) is 73.3. The van der Waals surface area contributed by atoms with Gasteiger partial charge in [-0.3, -0.25) is 19.2 Å². The van der Waals surface area contributed by atoms with Gasteiger partial charge in [0.2, 0.25) is 17.8 Å². The molecule has 2 heterocycles. The first kappa shape index (κ1) is 85.3. The van der Waals surface area contributed by atoms with Crippen LogP contribution in [0.1, 0.15) is 342 Å². The van der Waals surface area contributed by atoms with Crippen LogP contribution >= 0.6 is 0 Å². The third kappa shape index (κ3) is 53.9. The Morgan fingerprint density at radius 3 is 0.849 bits per heavy atom. The van der Waals surface area contributed by atoms with E-state index >= 15 is 0 Å². The van der Waals surface area contributed by atoms with Gasteiger partial charge < -0.3 is 49.6 Å². The number of anilines is 3. The molecule has 0 radical (unpaired) electrons. The number of carbonyl (C=O) groups excluding carboxylic acids is 4. The van der Waals surface area contributed by atoms with Crippen molar-refractivity contribution in [3.63, 3.8) is 0 Å². The van der Waals surface area contributed by atoms with Crippen LogP contribution in [-0.4, -0.2) is 158 Å². The first-order chi connectivity index (χ1) is 45.7. The van der Waals surface area contributed by atoms with Crippen LogP contribution in [0.2, 0.25) is 0 Å². The van der Waals surface area contributed by atoms with E-state index in [1.165, 1.54) is 218 Å². The van der Waals surface area contributed by atoms with Crippen molar-refractivity contribution < 1.29 is 38.1 Å². The molecule has 0 spiro atoms. The molecular weight excluding hydrogens is 1170 g/mol. The van der Waals surface area contributed by atoms with Gasteiger partial charge in [-0.1, -0.05) is 259 Å². The number of nitrogens with zero attached hydrogens (tertiary/aromatic N) is 6. The molecule has 1 aromatic heterocycles. The predicted molar refractivity (Wildman–Crippen MR) is 387 cm³/mol. The number of carbonyl (C=O) groups is 4. The Kier molecular flexibility index (Phi) is 58.8. The molecule has 0 amide bonds. The summed E-state index contributed by atoms with van der Waals surface area (Å²) >= 11 is 0. The molecule has 0 saturated carbocycles. The lowest BCUT2D eigenvalue weighted by Crippen LogP contribution is -2.32. The Bertz CT molecular complexity index is 1690. The first-order valence-electron chi connectivity index (χ1n) is 39.4. The average Bonchev–Trinajstić information content (AvgIpc) is 3.45. The summed E-state index contributed by atoms with van der Waals surface area (Å²) in [6, 6.07) is 0.524. The summed E-state index contributed by atoms with van der Waals surface area (Å²) in [5.74, 6) is 0.636. The monoisotopic (exact) mass is 1310 g/mol. The first-order valence-corrected chi connectivity index (χ1v) is 39.4. The summed E-state index contributed by atoms with van der Waals surface area (Å²) in [5.41, 5.74) is 0. The van der Waals surface area contributed by atoms with Crippen LogP contribution in [-0.2, 0) is 38.1 Å². The lowest BCUT2D eigenvalue weighted by atomic mass is 10.1. The summed E-state index contributed by atoms with van der Waals surface area (Å²) in [6.07, 6.45) is 55.1. The number of hydrogen-bond donors (Lipinski definition) is 3. The highest BCUT2D eigenvalue weighted by atomic mass is 16.5. The van der Waals surface area contributed by atoms with Gasteiger partial charge in [0.1, 0.15) is 0 Å². The lowest BCUT2D eigenvalue weighted by Gasteiger charge is -2.22. The van der Waals surface area contributed by atoms with Gasteiger partial charge in [-0.05, 0) is 84.5 Å². The molecule has 3 N–H and O–H groups in total. The van der Waals surface area contributed by atoms with Crippen molar-refractivity contribution in [1.29, 1.82) is 0 Å². The second-order valence-corrected chi connectivity index (χ2v) is 27.2. The topological polar surface area (TPSA) is 190 Å². The largest absolute Gasteiger partial charge is 0.466 e. The summed E-state index contributed by atoms with van der Waals surface area (Å²) < 4.78 is 22.8. The van der Waals surface area contributed by atoms with Crippen molar-refractivity contribution >= 4 is 41.7 Å². The van der Waals surface area contributed by atoms with Gasteiger partial charge in [0.15, 0.2) is 0 Å². The van der Waals surface area contributed by atoms with E-state index in [0.29, 0.717) is 103 Å². The van der Waals surface area contributed by atoms with Gasteiger partial charge in [0.05, 0.1) is 52.1 Å². The highest BCUT2D eigenvalue weighted by Gasteiger charge is 2.21. The van der Waals surface area contributed by atoms with E-state index in [4.69, 9.17) is 33.9 Å². The Morgan fingerprint density at radius 2 is 0.602 bits per heavy atom. The minimum atomic E-state index is -0.195. The molecule has 542 valence electrons. The molecule has 17 nitrogen and oxygen atoms in total. The second-order valence-electron chi connectivity index (χ2n) is 27.2. The normalized spacial score (nSPS) is 13.3. The van der Waals surface area contributed by atoms with E-state index in [9.17, 15) is 19.2 Å². The van der Waals surface area contributed by atoms with E-state index in [1.54, 1.807) is 0 Å². The second kappa shape index (κ2) is 64.2. The highest BCUT2D eigenvalue weighted by Crippen LogP contribution is 2.20. The molecule has 93 heavy (non-hydrogen) atoms. The van der Waals surface area contributed by atoms with Crippen LogP contribution in [0.4, 0.5) is 17.8 Å². The smallest absolute Gasteiger partial charge is 0.307 e. The number of nitrogens with one attached hydrogen (secondary N) is 3. The van der Waals surface area contributed by atoms with E-state index in [2.05, 4.69) is 65.4 Å². The van der Waals surface area contributed by atoms with Gasteiger partial charge in [0, 0.05) is 51.9 Å². The predicted octanol–water partition coefficient (Wildman–Crippen LogP) is 18.4. The highest BCUT2D eigenvalue weighted by molar-refractivity contribution is 5.71. The van der Waals surface area contributed by atoms with Crippen molar-refractivity contribution in [1.82, 2.24) is 29.7 Å². The van der Waals surface area contributed by atoms with Gasteiger partial charge in [-0.25, -0.2) is 0 Å². The van der Waals surface area contributed by atoms with Crippen LogP contribution < -0.4 is 16.0 Å². The standard InChI is InChI=1S/C76H145N9O8/c1-6-10-14-18-22-26-30-34-38-42-65-90-70(86)51-61-84(62-52-71(87)91-66-43-39-35-31-27-23-19-15-11-7-2)59-47-55-77-74-80-75(82-76(81-74)79-57-50-69-49-46-58-83(69)5)78-56-48-60-85(63-53-72(88)92-67-44-40-36-32-28-24-20-16-12-8-3)64-54-73(89)93-68-45-41-37-33-29-25-21-17-13-9-4/h69H,6-68H2,1-5H3,(H3,77,78,79,80,81,82). The molecule has 1 aliphatic heterocycles. The minimum absolute atomic E-state index is 0.195. The quantitative estimate of drug-likeness (QED) is 0.0317. The lowest BCUT2D eigenvalue weighted by molar-refractivity contribution is -0.146. The maximum absolute atomic E-state index is 13.0. The molecule has 0 bridgehead atoms. The van der Waals surface area contributed by atoms with E-state index in [0.717, 1.165) is 83.7 Å². The fourth-order valence-corrected chi connectivity index (χ4v) is 12.4. The molecule has 2 rings (SSSR count). The van der Waals surface area contributed by atoms with Gasteiger partial charge in [-0.15, -0.1) is 0 Å². The van der Waals surface area contributed by atoms with E-state index in [1.807, 2.05) is 0 Å². The number of rotatable bonds is 70. The third-order valence-electron chi connectivity index (χ3n) is 18.5. The molecule has 1 aromatic rings. The third-order valence-corrected chi connectivity index (χ3v) is 18.5. The van der Waals surface area contributed by atoms with Crippen LogP contribution in [0.3, 0.4) is 0 Å². The fraction of sp³-hybridized carbons (Fsp3) is 0.908. The number of ether oxygens (including phenoxy) is 4. The van der Waals surface area contributed by atoms with Crippen LogP contribution in [0.15, 0.2) is 0 Å². The Morgan fingerprint density at radius 1 is 0.355 bits per heavy atom. The van der Waals surface area contributed by atoms with Gasteiger partial charge in [0.25, 0.3) is 0 Å². The van der Waals surface area contributed by atoms with Crippen molar-refractivity contribution in [3.05, 3.63) is 0 Å². The average molecular weight is 1310 g/mol. The maximum Gasteiger partial charge on any atom is 0.307 e. The van der Waals surface area contributed by atoms with Crippen molar-refractivity contribution in [3.8, 4) is 0 Å². The number of hydrogen-bond acceptors (Lipinski definition) is 17. The van der Waals surface area contributed by atoms with Crippen molar-refractivity contribution in [2.45, 2.75) is 348 Å². The summed E-state index contributed by atoms with van der Waals surface area (Å²) in [7, 11) is 2.20. The minimum Gasteiger partial charge on any atom is -0.466 e. The number of unbranched alkanes of at least 4 members (excludes halogenated alkanes) is 36. The molecule has 1 atom stereocenters. The molecule has 17 heteroatoms. The SMILES string of the molecule is CCCCCCCCCCCCOC(=O)CCN(CCCNc1nc(NCCCN(CCC(=O)OCCCCCCCCCCCC)CCC(=O)OCCCCCCCCCCCC)nc(NCCC2CCCN2C)n1)CCC(=O)OCCCCCCCCCCCC. The van der Waals surface area contributed by atoms with Crippen LogP contribution in [0.25, 0.3) is 0 Å². The number of likely N-dealkylation sites (tertiary alicyclic amines) is 1. The summed E-state index contributed by atoms with van der Waals surface area (Å²) in [5, 5.41) is 10.4. The van der Waals surface area contributed by atoms with Crippen molar-refractivity contribution in [2.75, 3.05) is 115 Å². The number of aromatic nitrogens is 3. The van der Waals surface area contributed by atoms with Gasteiger partial charge >= 0.3 is 23.9 Å². The maximum atomic E-state index is 13.0. The Balaban J connectivity index is 2.03. The Hall–Kier alpha value is -3.83. The molecule has 0 aromatic carbocycles. The molecular formula is C76H145N9O8. The molecule has 0 aliphatic carbocycles. The molecule has 1 unspecified atom stereocenters. The summed E-state index contributed by atoms with van der Waals surface area (Å²) in [6.45, 7) is 17.1.